The van der Waals surface area contributed by atoms with Gasteiger partial charge in [-0.3, -0.25) is 9.59 Å². The zero-order chi connectivity index (χ0) is 17.7. The molecule has 3 saturated carbocycles. The highest BCUT2D eigenvalue weighted by Crippen LogP contribution is 2.65. The monoisotopic (exact) mass is 360 g/mol. The number of carbonyl (C=O) groups excluding carboxylic acids is 2. The topological polar surface area (TPSA) is 34.1 Å². The molecule has 4 aliphatic carbocycles. The molecule has 0 aromatic rings. The van der Waals surface area contributed by atoms with Gasteiger partial charge in [0.05, 0.1) is 0 Å². The van der Waals surface area contributed by atoms with Crippen molar-refractivity contribution in [1.82, 2.24) is 0 Å². The molecule has 0 N–H and O–H groups in total. The molecule has 0 bridgehead atoms. The number of fused-ring (bicyclic) bond motifs is 5. The molecule has 0 aromatic carbocycles. The Balaban J connectivity index is 1.57. The van der Waals surface area contributed by atoms with Gasteiger partial charge in [-0.15, -0.1) is 0 Å². The van der Waals surface area contributed by atoms with E-state index in [2.05, 4.69) is 6.92 Å². The molecule has 0 heterocycles. The quantitative estimate of drug-likeness (QED) is 0.661. The maximum absolute atomic E-state index is 11.9. The van der Waals surface area contributed by atoms with E-state index in [1.54, 1.807) is 11.8 Å². The van der Waals surface area contributed by atoms with Crippen LogP contribution in [0.5, 0.6) is 0 Å². The molecule has 0 aromatic heterocycles. The second-order valence-corrected chi connectivity index (χ2v) is 10.3. The number of hydrogen-bond donors (Lipinski definition) is 0. The number of rotatable bonds is 3. The molecule has 4 rings (SSSR count). The largest absolute Gasteiger partial charge is 0.295 e. The average Bonchev–Trinajstić information content (AvgIpc) is 3.04. The zero-order valence-corrected chi connectivity index (χ0v) is 16.6. The van der Waals surface area contributed by atoms with Gasteiger partial charge in [-0.05, 0) is 79.6 Å². The van der Waals surface area contributed by atoms with Crippen LogP contribution < -0.4 is 0 Å². The summed E-state index contributed by atoms with van der Waals surface area (Å²) in [6.07, 6.45) is 13.6. The van der Waals surface area contributed by atoms with Crippen molar-refractivity contribution in [2.75, 3.05) is 5.75 Å². The standard InChI is InChI=1S/C22H32O2S/c1-3-20(24)25-14-22-10-4-5-19(22)17-7-6-15-13-16(23)8-11-21(15,2)18(17)9-12-22/h13,17-19H,3-12,14H2,1-2H3/t17-,18+,19+,21+,22+/m1/s1. The minimum Gasteiger partial charge on any atom is -0.295 e. The summed E-state index contributed by atoms with van der Waals surface area (Å²) in [5.74, 6) is 3.82. The van der Waals surface area contributed by atoms with Crippen molar-refractivity contribution in [3.05, 3.63) is 11.6 Å². The summed E-state index contributed by atoms with van der Waals surface area (Å²) in [6.45, 7) is 4.44. The van der Waals surface area contributed by atoms with Gasteiger partial charge in [-0.25, -0.2) is 0 Å². The van der Waals surface area contributed by atoms with Gasteiger partial charge < -0.3 is 0 Å². The van der Waals surface area contributed by atoms with Crippen LogP contribution in [-0.2, 0) is 9.59 Å². The number of carbonyl (C=O) groups is 2. The van der Waals surface area contributed by atoms with Crippen LogP contribution in [-0.4, -0.2) is 16.7 Å². The van der Waals surface area contributed by atoms with E-state index < -0.39 is 0 Å². The lowest BCUT2D eigenvalue weighted by atomic mass is 9.47. The summed E-state index contributed by atoms with van der Waals surface area (Å²) in [5.41, 5.74) is 2.17. The van der Waals surface area contributed by atoms with Gasteiger partial charge in [0.25, 0.3) is 0 Å². The Kier molecular flexibility index (Phi) is 4.67. The van der Waals surface area contributed by atoms with Crippen LogP contribution in [0, 0.1) is 28.6 Å². The zero-order valence-electron chi connectivity index (χ0n) is 15.8. The maximum atomic E-state index is 11.9. The molecule has 0 aliphatic heterocycles. The minimum atomic E-state index is 0.276. The van der Waals surface area contributed by atoms with E-state index in [-0.39, 0.29) is 5.41 Å². The second kappa shape index (κ2) is 6.55. The molecule has 0 radical (unpaired) electrons. The normalized spacial score (nSPS) is 43.0. The number of thioether (sulfide) groups is 1. The number of hydrogen-bond acceptors (Lipinski definition) is 3. The Morgan fingerprint density at radius 3 is 2.80 bits per heavy atom. The predicted molar refractivity (Wildman–Crippen MR) is 103 cm³/mol. The van der Waals surface area contributed by atoms with Crippen LogP contribution in [0.1, 0.15) is 78.1 Å². The van der Waals surface area contributed by atoms with Gasteiger partial charge in [0.1, 0.15) is 0 Å². The Bertz CT molecular complexity index is 609. The minimum absolute atomic E-state index is 0.276. The molecule has 0 amide bonds. The van der Waals surface area contributed by atoms with Gasteiger partial charge in [0, 0.05) is 18.6 Å². The molecular weight excluding hydrogens is 328 g/mol. The molecule has 5 atom stereocenters. The first-order chi connectivity index (χ1) is 12.0. The third-order valence-corrected chi connectivity index (χ3v) is 9.63. The van der Waals surface area contributed by atoms with Crippen molar-refractivity contribution in [2.45, 2.75) is 78.1 Å². The van der Waals surface area contributed by atoms with Crippen LogP contribution in [0.2, 0.25) is 0 Å². The van der Waals surface area contributed by atoms with Gasteiger partial charge in [0.15, 0.2) is 10.9 Å². The molecule has 4 aliphatic rings. The van der Waals surface area contributed by atoms with Crippen molar-refractivity contribution < 1.29 is 9.59 Å². The van der Waals surface area contributed by atoms with Crippen molar-refractivity contribution in [2.24, 2.45) is 28.6 Å². The first kappa shape index (κ1) is 17.8. The van der Waals surface area contributed by atoms with Crippen molar-refractivity contribution in [3.63, 3.8) is 0 Å². The Labute approximate surface area is 156 Å². The molecule has 3 fully saturated rings. The van der Waals surface area contributed by atoms with Crippen molar-refractivity contribution >= 4 is 22.7 Å². The molecule has 0 saturated heterocycles. The summed E-state index contributed by atoms with van der Waals surface area (Å²) in [7, 11) is 0. The Morgan fingerprint density at radius 2 is 2.00 bits per heavy atom. The lowest BCUT2D eigenvalue weighted by molar-refractivity contribution is -0.117. The smallest absolute Gasteiger partial charge is 0.188 e. The van der Waals surface area contributed by atoms with Crippen LogP contribution >= 0.6 is 11.8 Å². The van der Waals surface area contributed by atoms with Gasteiger partial charge >= 0.3 is 0 Å². The van der Waals surface area contributed by atoms with E-state index in [1.807, 2.05) is 13.0 Å². The van der Waals surface area contributed by atoms with E-state index in [0.717, 1.165) is 42.8 Å². The Hall–Kier alpha value is -0.570. The number of ketones is 1. The average molecular weight is 361 g/mol. The highest BCUT2D eigenvalue weighted by Gasteiger charge is 2.57. The molecule has 0 unspecified atom stereocenters. The van der Waals surface area contributed by atoms with E-state index in [0.29, 0.717) is 22.7 Å². The molecular formula is C22H32O2S. The summed E-state index contributed by atoms with van der Waals surface area (Å²) in [5, 5.41) is 0.369. The van der Waals surface area contributed by atoms with E-state index in [4.69, 9.17) is 0 Å². The van der Waals surface area contributed by atoms with E-state index in [1.165, 1.54) is 44.1 Å². The van der Waals surface area contributed by atoms with Gasteiger partial charge in [0.2, 0.25) is 0 Å². The van der Waals surface area contributed by atoms with Crippen LogP contribution in [0.15, 0.2) is 11.6 Å². The molecule has 138 valence electrons. The van der Waals surface area contributed by atoms with Crippen LogP contribution in [0.4, 0.5) is 0 Å². The third kappa shape index (κ3) is 2.85. The van der Waals surface area contributed by atoms with Crippen LogP contribution in [0.25, 0.3) is 0 Å². The fourth-order valence-electron chi connectivity index (χ4n) is 6.93. The summed E-state index contributed by atoms with van der Waals surface area (Å²) >= 11 is 1.62. The first-order valence-electron chi connectivity index (χ1n) is 10.4. The van der Waals surface area contributed by atoms with E-state index in [9.17, 15) is 9.59 Å². The highest BCUT2D eigenvalue weighted by molar-refractivity contribution is 8.13. The SMILES string of the molecule is CCC(=O)SC[C@@]12CCC[C@H]1[C@@H]1CCC3=CC(=O)CC[C@]3(C)[C@H]1CC2. The third-order valence-electron chi connectivity index (χ3n) is 8.30. The second-order valence-electron chi connectivity index (χ2n) is 9.28. The summed E-state index contributed by atoms with van der Waals surface area (Å²) in [6, 6.07) is 0. The van der Waals surface area contributed by atoms with E-state index >= 15 is 0 Å². The number of allylic oxidation sites excluding steroid dienone is 1. The summed E-state index contributed by atoms with van der Waals surface area (Å²) in [4.78, 5) is 23.8. The van der Waals surface area contributed by atoms with Crippen molar-refractivity contribution in [1.29, 1.82) is 0 Å². The highest BCUT2D eigenvalue weighted by atomic mass is 32.2. The lowest BCUT2D eigenvalue weighted by Crippen LogP contribution is -2.50. The molecule has 0 spiro atoms. The molecule has 2 nitrogen and oxygen atoms in total. The molecule has 3 heteroatoms. The van der Waals surface area contributed by atoms with Gasteiger partial charge in [-0.2, -0.15) is 0 Å². The first-order valence-corrected chi connectivity index (χ1v) is 11.4. The maximum Gasteiger partial charge on any atom is 0.188 e. The van der Waals surface area contributed by atoms with Crippen LogP contribution in [0.3, 0.4) is 0 Å². The Morgan fingerprint density at radius 1 is 1.16 bits per heavy atom. The lowest BCUT2D eigenvalue weighted by Gasteiger charge is -2.58. The van der Waals surface area contributed by atoms with Gasteiger partial charge in [-0.1, -0.05) is 37.6 Å². The predicted octanol–water partition coefficient (Wildman–Crippen LogP) is 5.56. The molecule has 25 heavy (non-hydrogen) atoms. The fourth-order valence-corrected chi connectivity index (χ4v) is 8.09. The fraction of sp³-hybridized carbons (Fsp3) is 0.818. The summed E-state index contributed by atoms with van der Waals surface area (Å²) < 4.78 is 0. The van der Waals surface area contributed by atoms with Crippen molar-refractivity contribution in [3.8, 4) is 0 Å².